The average molecular weight is 303 g/mol. The maximum atomic E-state index is 10.6. The molecule has 1 unspecified atom stereocenters. The van der Waals surface area contributed by atoms with Gasteiger partial charge < -0.3 is 0 Å². The first-order valence-corrected chi connectivity index (χ1v) is 8.23. The lowest BCUT2D eigenvalue weighted by molar-refractivity contribution is -1.91. The third-order valence-corrected chi connectivity index (χ3v) is 5.62. The molecule has 2 aromatic rings. The summed E-state index contributed by atoms with van der Waals surface area (Å²) in [4.78, 5) is 1.04. The zero-order valence-electron chi connectivity index (χ0n) is 8.87. The lowest BCUT2D eigenvalue weighted by Crippen LogP contribution is -2.60. The highest BCUT2D eigenvalue weighted by Crippen LogP contribution is 2.37. The van der Waals surface area contributed by atoms with Crippen molar-refractivity contribution in [3.8, 4) is 0 Å². The van der Waals surface area contributed by atoms with Gasteiger partial charge in [-0.15, -0.1) is 11.3 Å². The number of hydrogen-bond acceptors (Lipinski definition) is 5. The van der Waals surface area contributed by atoms with Crippen LogP contribution in [0.15, 0.2) is 29.7 Å². The highest BCUT2D eigenvalue weighted by Gasteiger charge is 2.23. The van der Waals surface area contributed by atoms with Gasteiger partial charge in [-0.25, -0.2) is 0 Å². The van der Waals surface area contributed by atoms with Crippen molar-refractivity contribution in [3.05, 3.63) is 40.1 Å². The molecule has 0 saturated carbocycles. The summed E-state index contributed by atoms with van der Waals surface area (Å²) < 4.78 is 37.2. The van der Waals surface area contributed by atoms with Gasteiger partial charge >= 0.3 is 0 Å². The van der Waals surface area contributed by atoms with Crippen LogP contribution in [0.25, 0.3) is 16.2 Å². The summed E-state index contributed by atoms with van der Waals surface area (Å²) in [6.45, 7) is 0. The van der Waals surface area contributed by atoms with Crippen molar-refractivity contribution in [2.75, 3.05) is 0 Å². The molecule has 1 atom stereocenters. The standard InChI is InChI=1S/C11H7ClO4S2/c13-12(14,15)16-18-6-5-11-9(7-18)8-3-1-2-4-10(8)17-11/h1-7H. The molecule has 0 spiro atoms. The van der Waals surface area contributed by atoms with E-state index in [9.17, 15) is 14.0 Å². The Hall–Kier alpha value is -0.730. The fourth-order valence-corrected chi connectivity index (χ4v) is 4.85. The van der Waals surface area contributed by atoms with E-state index in [-0.39, 0.29) is 0 Å². The van der Waals surface area contributed by atoms with Crippen molar-refractivity contribution in [3.63, 3.8) is 0 Å². The van der Waals surface area contributed by atoms with Gasteiger partial charge in [0.05, 0.1) is 10.2 Å². The summed E-state index contributed by atoms with van der Waals surface area (Å²) in [7, 11) is -5.53. The van der Waals surface area contributed by atoms with Crippen molar-refractivity contribution < 1.29 is 28.0 Å². The second kappa shape index (κ2) is 4.43. The summed E-state index contributed by atoms with van der Waals surface area (Å²) in [5, 5.41) is 4.31. The molecule has 18 heavy (non-hydrogen) atoms. The van der Waals surface area contributed by atoms with E-state index in [2.05, 4.69) is 3.74 Å². The van der Waals surface area contributed by atoms with Crippen molar-refractivity contribution in [2.24, 2.45) is 0 Å². The number of halogens is 1. The van der Waals surface area contributed by atoms with E-state index in [1.807, 2.05) is 24.3 Å². The van der Waals surface area contributed by atoms with E-state index in [0.717, 1.165) is 20.5 Å². The van der Waals surface area contributed by atoms with E-state index in [1.54, 1.807) is 28.2 Å². The molecule has 0 saturated heterocycles. The van der Waals surface area contributed by atoms with E-state index in [1.165, 1.54) is 0 Å². The van der Waals surface area contributed by atoms with Crippen LogP contribution in [0.3, 0.4) is 0 Å². The second-order valence-electron chi connectivity index (χ2n) is 3.57. The predicted molar refractivity (Wildman–Crippen MR) is 64.7 cm³/mol. The monoisotopic (exact) mass is 302 g/mol. The molecule has 1 aliphatic rings. The van der Waals surface area contributed by atoms with Crippen LogP contribution in [0.5, 0.6) is 0 Å². The molecule has 1 aromatic carbocycles. The lowest BCUT2D eigenvalue weighted by atomic mass is 10.1. The van der Waals surface area contributed by atoms with Gasteiger partial charge in [-0.3, -0.25) is 0 Å². The first-order chi connectivity index (χ1) is 8.53. The van der Waals surface area contributed by atoms with Gasteiger partial charge in [0.2, 0.25) is 0 Å². The molecule has 0 fully saturated rings. The Morgan fingerprint density at radius 2 is 1.94 bits per heavy atom. The fraction of sp³-hybridized carbons (Fsp3) is 0. The van der Waals surface area contributed by atoms with Crippen molar-refractivity contribution in [1.29, 1.82) is 0 Å². The molecule has 0 N–H and O–H groups in total. The lowest BCUT2D eigenvalue weighted by Gasteiger charge is -2.13. The number of benzene rings is 1. The molecule has 1 aromatic heterocycles. The molecule has 2 heterocycles. The Bertz CT molecular complexity index is 669. The topological polar surface area (TPSA) is 78.4 Å². The third kappa shape index (κ3) is 2.36. The molecule has 94 valence electrons. The maximum absolute atomic E-state index is 10.6. The van der Waals surface area contributed by atoms with Crippen LogP contribution in [0, 0.1) is 10.2 Å². The quantitative estimate of drug-likeness (QED) is 0.739. The van der Waals surface area contributed by atoms with Crippen molar-refractivity contribution in [1.82, 2.24) is 0 Å². The summed E-state index contributed by atoms with van der Waals surface area (Å²) in [6, 6.07) is 7.83. The Labute approximate surface area is 112 Å². The molecule has 1 aliphatic heterocycles. The summed E-state index contributed by atoms with van der Waals surface area (Å²) in [5.74, 6) is 0. The number of rotatable bonds is 2. The van der Waals surface area contributed by atoms with Crippen LogP contribution in [0.1, 0.15) is 10.4 Å². The van der Waals surface area contributed by atoms with Crippen molar-refractivity contribution >= 4 is 43.6 Å². The normalized spacial score (nSPS) is 18.7. The Morgan fingerprint density at radius 3 is 2.72 bits per heavy atom. The Kier molecular flexibility index (Phi) is 3.03. The fourth-order valence-electron chi connectivity index (χ4n) is 1.74. The SMILES string of the molecule is [O-][Cl+3]([O-])([O-])OS1=Cc2c(sc3ccccc23)C=C1. The molecule has 0 radical (unpaired) electrons. The van der Waals surface area contributed by atoms with E-state index >= 15 is 0 Å². The minimum atomic E-state index is -4.40. The van der Waals surface area contributed by atoms with Crippen LogP contribution in [0.4, 0.5) is 0 Å². The zero-order chi connectivity index (χ0) is 12.8. The second-order valence-corrected chi connectivity index (χ2v) is 7.07. The van der Waals surface area contributed by atoms with E-state index < -0.39 is 21.0 Å². The molecular weight excluding hydrogens is 296 g/mol. The molecule has 7 heteroatoms. The highest BCUT2D eigenvalue weighted by atomic mass is 35.7. The third-order valence-electron chi connectivity index (χ3n) is 2.40. The number of hydrogen-bond donors (Lipinski definition) is 0. The average Bonchev–Trinajstić information content (AvgIpc) is 2.65. The van der Waals surface area contributed by atoms with Crippen LogP contribution in [0.2, 0.25) is 0 Å². The highest BCUT2D eigenvalue weighted by molar-refractivity contribution is 8.13. The van der Waals surface area contributed by atoms with E-state index in [0.29, 0.717) is 0 Å². The predicted octanol–water partition coefficient (Wildman–Crippen LogP) is 0.134. The molecular formula is C11H7ClO4S2. The Balaban J connectivity index is 2.09. The largest absolute Gasteiger partial charge is 0.182 e. The molecule has 3 rings (SSSR count). The summed E-state index contributed by atoms with van der Waals surface area (Å²) in [5.41, 5.74) is 0.931. The van der Waals surface area contributed by atoms with Gasteiger partial charge in [-0.2, -0.15) is 14.0 Å². The first kappa shape index (κ1) is 12.3. The molecule has 4 nitrogen and oxygen atoms in total. The first-order valence-electron chi connectivity index (χ1n) is 4.90. The van der Waals surface area contributed by atoms with Gasteiger partial charge in [0.1, 0.15) is 14.5 Å². The van der Waals surface area contributed by atoms with Crippen LogP contribution < -0.4 is 14.0 Å². The summed E-state index contributed by atoms with van der Waals surface area (Å²) >= 11 is 1.62. The van der Waals surface area contributed by atoms with Crippen LogP contribution >= 0.6 is 22.1 Å². The van der Waals surface area contributed by atoms with Gasteiger partial charge in [-0.1, -0.05) is 18.2 Å². The number of fused-ring (bicyclic) bond motifs is 3. The molecule has 0 aliphatic carbocycles. The van der Waals surface area contributed by atoms with Gasteiger partial charge in [-0.05, 0) is 12.1 Å². The van der Waals surface area contributed by atoms with E-state index in [4.69, 9.17) is 0 Å². The minimum absolute atomic E-state index is 0.931. The van der Waals surface area contributed by atoms with Gasteiger partial charge in [0, 0.05) is 31.3 Å². The smallest absolute Gasteiger partial charge is 0.140 e. The maximum Gasteiger partial charge on any atom is 0.140 e. The number of thiophene rings is 1. The summed E-state index contributed by atoms with van der Waals surface area (Å²) in [6.07, 6.45) is 1.80. The Morgan fingerprint density at radius 1 is 1.17 bits per heavy atom. The molecule has 0 bridgehead atoms. The zero-order valence-corrected chi connectivity index (χ0v) is 11.3. The van der Waals surface area contributed by atoms with Crippen LogP contribution in [-0.2, 0) is 3.74 Å². The van der Waals surface area contributed by atoms with Crippen LogP contribution in [-0.4, -0.2) is 5.37 Å². The minimum Gasteiger partial charge on any atom is -0.182 e. The van der Waals surface area contributed by atoms with Gasteiger partial charge in [0.15, 0.2) is 0 Å². The van der Waals surface area contributed by atoms with Gasteiger partial charge in [0.25, 0.3) is 0 Å². The molecule has 0 amide bonds. The van der Waals surface area contributed by atoms with Crippen molar-refractivity contribution in [2.45, 2.75) is 0 Å².